The van der Waals surface area contributed by atoms with Crippen molar-refractivity contribution in [2.24, 2.45) is 7.05 Å². The molecule has 1 aliphatic heterocycles. The lowest BCUT2D eigenvalue weighted by atomic mass is 9.77. The first-order valence-electron chi connectivity index (χ1n) is 11.9. The number of amides is 1. The summed E-state index contributed by atoms with van der Waals surface area (Å²) < 4.78 is 71.3. The van der Waals surface area contributed by atoms with E-state index in [1.165, 1.54) is 5.69 Å². The van der Waals surface area contributed by atoms with Gasteiger partial charge in [-0.05, 0) is 40.2 Å². The maximum Gasteiger partial charge on any atom is 0.490 e. The van der Waals surface area contributed by atoms with Crippen LogP contribution in [0.25, 0.3) is 0 Å². The first-order chi connectivity index (χ1) is 17.8. The number of rotatable bonds is 6. The number of fused-ring (bicyclic) bond motifs is 1. The summed E-state index contributed by atoms with van der Waals surface area (Å²) in [6.07, 6.45) is -3.77. The smallest absolute Gasteiger partial charge is 0.475 e. The third-order valence-corrected chi connectivity index (χ3v) is 6.69. The minimum Gasteiger partial charge on any atom is -0.475 e. The van der Waals surface area contributed by atoms with Crippen molar-refractivity contribution < 1.29 is 55.7 Å². The molecule has 2 heterocycles. The number of alkyl halides is 6. The maximum atomic E-state index is 13.1. The van der Waals surface area contributed by atoms with E-state index in [2.05, 4.69) is 35.3 Å². The fourth-order valence-corrected chi connectivity index (χ4v) is 3.95. The molecule has 1 saturated carbocycles. The van der Waals surface area contributed by atoms with Crippen molar-refractivity contribution >= 4 is 17.8 Å². The Labute approximate surface area is 221 Å². The Balaban J connectivity index is 0.000000449. The highest BCUT2D eigenvalue weighted by Gasteiger charge is 2.43. The molecule has 0 saturated heterocycles. The van der Waals surface area contributed by atoms with Crippen molar-refractivity contribution in [1.82, 2.24) is 19.4 Å². The molecule has 3 rings (SSSR count). The fourth-order valence-electron chi connectivity index (χ4n) is 3.95. The van der Waals surface area contributed by atoms with E-state index in [1.807, 2.05) is 18.3 Å². The SMILES string of the molecule is COC1(CC(=O)N2CCc3c(ncn3C)C2CN(C)C(C)C)CCC1.O=C(O)C(F)(F)F.O=C(O)C(F)(F)F. The molecular weight excluding hydrogens is 542 g/mol. The van der Waals surface area contributed by atoms with Gasteiger partial charge in [0, 0.05) is 45.4 Å². The molecule has 1 amide bonds. The summed E-state index contributed by atoms with van der Waals surface area (Å²) in [4.78, 5) is 39.9. The Morgan fingerprint density at radius 2 is 1.62 bits per heavy atom. The van der Waals surface area contributed by atoms with E-state index in [-0.39, 0.29) is 17.6 Å². The van der Waals surface area contributed by atoms with Crippen LogP contribution in [0.5, 0.6) is 0 Å². The zero-order valence-corrected chi connectivity index (χ0v) is 22.3. The van der Waals surface area contributed by atoms with Gasteiger partial charge >= 0.3 is 24.3 Å². The molecule has 224 valence electrons. The van der Waals surface area contributed by atoms with Crippen LogP contribution >= 0.6 is 0 Å². The molecule has 2 aliphatic rings. The van der Waals surface area contributed by atoms with Crippen LogP contribution in [-0.4, -0.2) is 98.7 Å². The van der Waals surface area contributed by atoms with Crippen LogP contribution in [0, 0.1) is 0 Å². The van der Waals surface area contributed by atoms with E-state index in [1.54, 1.807) is 7.11 Å². The molecule has 1 aromatic heterocycles. The van der Waals surface area contributed by atoms with E-state index in [4.69, 9.17) is 24.5 Å². The van der Waals surface area contributed by atoms with Crippen molar-refractivity contribution in [2.45, 2.75) is 76.0 Å². The average molecular weight is 577 g/mol. The highest BCUT2D eigenvalue weighted by molar-refractivity contribution is 5.78. The van der Waals surface area contributed by atoms with Gasteiger partial charge in [-0.15, -0.1) is 0 Å². The highest BCUT2D eigenvalue weighted by atomic mass is 19.4. The minimum atomic E-state index is -5.08. The van der Waals surface area contributed by atoms with Gasteiger partial charge < -0.3 is 29.3 Å². The zero-order valence-electron chi connectivity index (χ0n) is 22.3. The molecule has 1 aliphatic carbocycles. The number of hydrogen-bond acceptors (Lipinski definition) is 6. The van der Waals surface area contributed by atoms with Crippen LogP contribution < -0.4 is 0 Å². The lowest BCUT2D eigenvalue weighted by molar-refractivity contribution is -0.193. The van der Waals surface area contributed by atoms with Crippen LogP contribution in [0.2, 0.25) is 0 Å². The summed E-state index contributed by atoms with van der Waals surface area (Å²) in [6.45, 7) is 5.94. The minimum absolute atomic E-state index is 0.0267. The summed E-state index contributed by atoms with van der Waals surface area (Å²) >= 11 is 0. The molecule has 1 fully saturated rings. The number of aliphatic carboxylic acids is 2. The molecule has 1 atom stereocenters. The van der Waals surface area contributed by atoms with Gasteiger partial charge in [-0.25, -0.2) is 14.6 Å². The predicted molar refractivity (Wildman–Crippen MR) is 125 cm³/mol. The van der Waals surface area contributed by atoms with Crippen molar-refractivity contribution in [2.75, 3.05) is 27.2 Å². The van der Waals surface area contributed by atoms with Crippen molar-refractivity contribution in [1.29, 1.82) is 0 Å². The quantitative estimate of drug-likeness (QED) is 0.494. The normalized spacial score (nSPS) is 18.3. The number of likely N-dealkylation sites (N-methyl/N-ethyl adjacent to an activating group) is 1. The van der Waals surface area contributed by atoms with Gasteiger partial charge in [0.1, 0.15) is 0 Å². The highest BCUT2D eigenvalue weighted by Crippen LogP contribution is 2.40. The number of aromatic nitrogens is 2. The van der Waals surface area contributed by atoms with Crippen molar-refractivity contribution in [3.8, 4) is 0 Å². The summed E-state index contributed by atoms with van der Waals surface area (Å²) in [5, 5.41) is 14.2. The molecule has 1 aromatic rings. The Morgan fingerprint density at radius 1 is 1.13 bits per heavy atom. The lowest BCUT2D eigenvalue weighted by Gasteiger charge is -2.43. The maximum absolute atomic E-state index is 13.1. The number of imidazole rings is 1. The molecule has 2 N–H and O–H groups in total. The molecule has 10 nitrogen and oxygen atoms in total. The van der Waals surface area contributed by atoms with Crippen LogP contribution in [-0.2, 0) is 32.6 Å². The number of halogens is 6. The largest absolute Gasteiger partial charge is 0.490 e. The molecule has 0 spiro atoms. The Morgan fingerprint density at radius 3 is 1.97 bits per heavy atom. The molecule has 16 heteroatoms. The number of methoxy groups -OCH3 is 1. The van der Waals surface area contributed by atoms with Gasteiger partial charge in [0.05, 0.1) is 30.1 Å². The number of carboxylic acid groups (broad SMARTS) is 2. The monoisotopic (exact) mass is 576 g/mol. The Bertz CT molecular complexity index is 961. The molecule has 0 bridgehead atoms. The van der Waals surface area contributed by atoms with Crippen LogP contribution in [0.15, 0.2) is 6.33 Å². The zero-order chi connectivity index (χ0) is 30.3. The van der Waals surface area contributed by atoms with Gasteiger partial charge in [-0.2, -0.15) is 26.3 Å². The van der Waals surface area contributed by atoms with Gasteiger partial charge in [-0.1, -0.05) is 0 Å². The fraction of sp³-hybridized carbons (Fsp3) is 0.739. The lowest BCUT2D eigenvalue weighted by Crippen LogP contribution is -2.50. The summed E-state index contributed by atoms with van der Waals surface area (Å²) in [5.41, 5.74) is 2.10. The second-order valence-electron chi connectivity index (χ2n) is 9.60. The Kier molecular flexibility index (Phi) is 11.8. The van der Waals surface area contributed by atoms with Crippen molar-refractivity contribution in [3.63, 3.8) is 0 Å². The molecule has 0 radical (unpaired) electrons. The third kappa shape index (κ3) is 9.67. The number of hydrogen-bond donors (Lipinski definition) is 2. The topological polar surface area (TPSA) is 125 Å². The first-order valence-corrected chi connectivity index (χ1v) is 11.9. The third-order valence-electron chi connectivity index (χ3n) is 6.69. The van der Waals surface area contributed by atoms with Gasteiger partial charge in [0.2, 0.25) is 5.91 Å². The summed E-state index contributed by atoms with van der Waals surface area (Å²) in [7, 11) is 5.90. The number of aryl methyl sites for hydroxylation is 1. The van der Waals surface area contributed by atoms with Gasteiger partial charge in [0.15, 0.2) is 0 Å². The molecule has 39 heavy (non-hydrogen) atoms. The van der Waals surface area contributed by atoms with Crippen LogP contribution in [0.1, 0.15) is 57.0 Å². The Hall–Kier alpha value is -2.88. The second-order valence-corrected chi connectivity index (χ2v) is 9.60. The van der Waals surface area contributed by atoms with Crippen molar-refractivity contribution in [3.05, 3.63) is 17.7 Å². The first kappa shape index (κ1) is 34.1. The van der Waals surface area contributed by atoms with E-state index in [0.717, 1.165) is 44.5 Å². The molecule has 0 aromatic carbocycles. The standard InChI is InChI=1S/C19H32N4O2.2C2HF3O2/c1-14(2)21(3)12-16-18-15(22(4)13-20-18)7-10-23(16)17(24)11-19(25-5)8-6-9-19;2*3-2(4,5)1(6)7/h13-14,16H,6-12H2,1-5H3;2*(H,6,7). The number of nitrogens with zero attached hydrogens (tertiary/aromatic N) is 4. The molecule has 1 unspecified atom stereocenters. The average Bonchev–Trinajstić information content (AvgIpc) is 3.17. The van der Waals surface area contributed by atoms with Crippen LogP contribution in [0.3, 0.4) is 0 Å². The van der Waals surface area contributed by atoms with Gasteiger partial charge in [0.25, 0.3) is 0 Å². The summed E-state index contributed by atoms with van der Waals surface area (Å²) in [5.74, 6) is -5.31. The predicted octanol–water partition coefficient (Wildman–Crippen LogP) is 3.41. The second kappa shape index (κ2) is 13.5. The molecular formula is C23H34F6N4O6. The number of carbonyl (C=O) groups is 3. The van der Waals surface area contributed by atoms with E-state index < -0.39 is 24.3 Å². The van der Waals surface area contributed by atoms with E-state index in [9.17, 15) is 31.1 Å². The number of carboxylic acids is 2. The van der Waals surface area contributed by atoms with E-state index >= 15 is 0 Å². The summed E-state index contributed by atoms with van der Waals surface area (Å²) in [6, 6.07) is 0.460. The number of carbonyl (C=O) groups excluding carboxylic acids is 1. The van der Waals surface area contributed by atoms with E-state index in [0.29, 0.717) is 12.5 Å². The van der Waals surface area contributed by atoms with Gasteiger partial charge in [-0.3, -0.25) is 4.79 Å². The van der Waals surface area contributed by atoms with Crippen LogP contribution in [0.4, 0.5) is 26.3 Å². The number of ether oxygens (including phenoxy) is 1.